The van der Waals surface area contributed by atoms with E-state index in [9.17, 15) is 31.2 Å². The van der Waals surface area contributed by atoms with Crippen molar-refractivity contribution in [1.29, 1.82) is 0 Å². The van der Waals surface area contributed by atoms with Gasteiger partial charge in [-0.2, -0.15) is 0 Å². The third-order valence-corrected chi connectivity index (χ3v) is 6.61. The maximum absolute atomic E-state index is 12.7. The number of ether oxygens (including phenoxy) is 1. The van der Waals surface area contributed by atoms with Crippen LogP contribution in [0.3, 0.4) is 0 Å². The van der Waals surface area contributed by atoms with Crippen molar-refractivity contribution in [2.75, 3.05) is 16.8 Å². The summed E-state index contributed by atoms with van der Waals surface area (Å²) in [6.45, 7) is 0.969. The van der Waals surface area contributed by atoms with Gasteiger partial charge in [0.15, 0.2) is 9.84 Å². The summed E-state index contributed by atoms with van der Waals surface area (Å²) in [6, 6.07) is 10.4. The van der Waals surface area contributed by atoms with Gasteiger partial charge in [-0.25, -0.2) is 8.42 Å². The van der Waals surface area contributed by atoms with E-state index in [1.54, 1.807) is 6.07 Å². The zero-order valence-electron chi connectivity index (χ0n) is 15.6. The second-order valence-electron chi connectivity index (χ2n) is 6.63. The Morgan fingerprint density at radius 3 is 2.43 bits per heavy atom. The lowest BCUT2D eigenvalue weighted by atomic mass is 10.2. The van der Waals surface area contributed by atoms with Gasteiger partial charge >= 0.3 is 6.36 Å². The number of carbonyl (C=O) groups is 2. The van der Waals surface area contributed by atoms with Crippen molar-refractivity contribution in [3.05, 3.63) is 48.5 Å². The first-order chi connectivity index (χ1) is 14.0. The molecular weight excluding hydrogens is 425 g/mol. The lowest BCUT2D eigenvalue weighted by molar-refractivity contribution is -0.274. The maximum atomic E-state index is 12.7. The molecule has 1 aliphatic rings. The molecule has 1 aliphatic heterocycles. The van der Waals surface area contributed by atoms with E-state index in [4.69, 9.17) is 0 Å². The molecule has 0 spiro atoms. The topological polar surface area (TPSA) is 92.8 Å². The predicted molar refractivity (Wildman–Crippen MR) is 102 cm³/mol. The van der Waals surface area contributed by atoms with Crippen LogP contribution in [0.25, 0.3) is 0 Å². The summed E-state index contributed by atoms with van der Waals surface area (Å²) in [6.07, 6.45) is -5.11. The molecule has 0 bridgehead atoms. The quantitative estimate of drug-likeness (QED) is 0.786. The first kappa shape index (κ1) is 21.6. The highest BCUT2D eigenvalue weighted by Crippen LogP contribution is 2.33. The Labute approximate surface area is 170 Å². The molecular formula is C19H17F3N2O5S. The van der Waals surface area contributed by atoms with Gasteiger partial charge in [-0.3, -0.25) is 9.59 Å². The molecule has 1 N–H and O–H groups in total. The second-order valence-corrected chi connectivity index (χ2v) is 8.96. The van der Waals surface area contributed by atoms with Crippen LogP contribution in [0.15, 0.2) is 53.4 Å². The molecule has 1 heterocycles. The normalized spacial score (nSPS) is 18.3. The minimum absolute atomic E-state index is 0.0372. The minimum atomic E-state index is -4.83. The number of nitrogens with zero attached hydrogens (tertiary/aromatic N) is 1. The summed E-state index contributed by atoms with van der Waals surface area (Å²) in [7, 11) is -3.74. The smallest absolute Gasteiger partial charge is 0.406 e. The Morgan fingerprint density at radius 2 is 1.80 bits per heavy atom. The summed E-state index contributed by atoms with van der Waals surface area (Å²) in [5.74, 6) is -1.62. The molecule has 2 aromatic carbocycles. The number of benzene rings is 2. The largest absolute Gasteiger partial charge is 0.573 e. The number of hydrogen-bond acceptors (Lipinski definition) is 5. The van der Waals surface area contributed by atoms with Gasteiger partial charge in [-0.05, 0) is 43.3 Å². The number of amides is 2. The van der Waals surface area contributed by atoms with Crippen LogP contribution >= 0.6 is 0 Å². The Kier molecular flexibility index (Phi) is 5.75. The number of halogens is 3. The predicted octanol–water partition coefficient (Wildman–Crippen LogP) is 3.12. The number of anilines is 2. The van der Waals surface area contributed by atoms with Gasteiger partial charge in [0.25, 0.3) is 0 Å². The summed E-state index contributed by atoms with van der Waals surface area (Å²) >= 11 is 0. The zero-order chi connectivity index (χ0) is 22.1. The van der Waals surface area contributed by atoms with Crippen molar-refractivity contribution in [2.45, 2.75) is 29.9 Å². The molecule has 0 aliphatic carbocycles. The number of para-hydroxylation sites is 1. The Bertz CT molecular complexity index is 1070. The number of fused-ring (bicyclic) bond motifs is 1. The fourth-order valence-corrected chi connectivity index (χ4v) is 4.53. The summed E-state index contributed by atoms with van der Waals surface area (Å²) < 4.78 is 65.7. The van der Waals surface area contributed by atoms with Gasteiger partial charge < -0.3 is 15.0 Å². The number of sulfone groups is 1. The van der Waals surface area contributed by atoms with E-state index in [0.717, 1.165) is 17.0 Å². The monoisotopic (exact) mass is 442 g/mol. The van der Waals surface area contributed by atoms with E-state index in [1.807, 2.05) is 0 Å². The molecule has 1 atom stereocenters. The van der Waals surface area contributed by atoms with Crippen LogP contribution in [0.2, 0.25) is 0 Å². The Balaban J connectivity index is 1.78. The average Bonchev–Trinajstić information content (AvgIpc) is 2.72. The lowest BCUT2D eigenvalue weighted by Crippen LogP contribution is -2.38. The van der Waals surface area contributed by atoms with Crippen molar-refractivity contribution in [1.82, 2.24) is 0 Å². The molecule has 2 amide bonds. The van der Waals surface area contributed by atoms with Crippen molar-refractivity contribution in [2.24, 2.45) is 0 Å². The molecule has 3 rings (SSSR count). The molecule has 0 saturated heterocycles. The van der Waals surface area contributed by atoms with E-state index in [2.05, 4.69) is 10.1 Å². The van der Waals surface area contributed by atoms with Crippen molar-refractivity contribution in [3.8, 4) is 5.75 Å². The highest BCUT2D eigenvalue weighted by atomic mass is 32.2. The zero-order valence-corrected chi connectivity index (χ0v) is 16.5. The van der Waals surface area contributed by atoms with Gasteiger partial charge in [0.05, 0.1) is 15.8 Å². The number of nitrogens with one attached hydrogen (secondary N) is 1. The number of hydrogen-bond donors (Lipinski definition) is 1. The van der Waals surface area contributed by atoms with Crippen LogP contribution in [0.5, 0.6) is 5.75 Å². The first-order valence-electron chi connectivity index (χ1n) is 8.76. The molecule has 0 fully saturated rings. The first-order valence-corrected chi connectivity index (χ1v) is 10.3. The standard InChI is InChI=1S/C19H17F3N2O5S/c1-12-10-18(26)24(15-4-2-3-5-16(15)30(12,27)28)11-17(25)23-13-6-8-14(9-7-13)29-19(20,21)22/h2-9,12H,10-11H2,1H3,(H,23,25)/t12-/m0/s1. The van der Waals surface area contributed by atoms with Gasteiger partial charge in [0.1, 0.15) is 12.3 Å². The molecule has 0 aromatic heterocycles. The maximum Gasteiger partial charge on any atom is 0.573 e. The number of rotatable bonds is 4. The third-order valence-electron chi connectivity index (χ3n) is 4.43. The number of carbonyl (C=O) groups excluding carboxylic acids is 2. The summed E-state index contributed by atoms with van der Waals surface area (Å²) in [4.78, 5) is 26.1. The van der Waals surface area contributed by atoms with Crippen LogP contribution in [-0.4, -0.2) is 38.4 Å². The van der Waals surface area contributed by atoms with Crippen molar-refractivity contribution >= 4 is 33.0 Å². The van der Waals surface area contributed by atoms with Gasteiger partial charge in [0, 0.05) is 12.1 Å². The second kappa shape index (κ2) is 7.98. The lowest BCUT2D eigenvalue weighted by Gasteiger charge is -2.22. The van der Waals surface area contributed by atoms with Crippen LogP contribution in [-0.2, 0) is 19.4 Å². The highest BCUT2D eigenvalue weighted by molar-refractivity contribution is 7.92. The van der Waals surface area contributed by atoms with E-state index in [-0.39, 0.29) is 22.7 Å². The Hall–Kier alpha value is -3.08. The molecule has 7 nitrogen and oxygen atoms in total. The molecule has 0 saturated carbocycles. The molecule has 11 heteroatoms. The molecule has 2 aromatic rings. The molecule has 160 valence electrons. The highest BCUT2D eigenvalue weighted by Gasteiger charge is 2.36. The summed E-state index contributed by atoms with van der Waals surface area (Å²) in [5, 5.41) is 1.52. The summed E-state index contributed by atoms with van der Waals surface area (Å²) in [5.41, 5.74) is 0.294. The average molecular weight is 442 g/mol. The fraction of sp³-hybridized carbons (Fsp3) is 0.263. The van der Waals surface area contributed by atoms with E-state index >= 15 is 0 Å². The van der Waals surface area contributed by atoms with Crippen molar-refractivity contribution < 1.29 is 35.9 Å². The molecule has 0 radical (unpaired) electrons. The fourth-order valence-electron chi connectivity index (χ4n) is 3.00. The van der Waals surface area contributed by atoms with E-state index < -0.39 is 45.6 Å². The Morgan fingerprint density at radius 1 is 1.17 bits per heavy atom. The van der Waals surface area contributed by atoms with Crippen LogP contribution in [0.4, 0.5) is 24.5 Å². The van der Waals surface area contributed by atoms with Crippen LogP contribution in [0, 0.1) is 0 Å². The van der Waals surface area contributed by atoms with Crippen LogP contribution in [0.1, 0.15) is 13.3 Å². The third kappa shape index (κ3) is 4.73. The SMILES string of the molecule is C[C@H]1CC(=O)N(CC(=O)Nc2ccc(OC(F)(F)F)cc2)c2ccccc2S1(=O)=O. The molecule has 0 unspecified atom stereocenters. The number of alkyl halides is 3. The van der Waals surface area contributed by atoms with Crippen LogP contribution < -0.4 is 15.0 Å². The van der Waals surface area contributed by atoms with E-state index in [0.29, 0.717) is 0 Å². The molecule has 30 heavy (non-hydrogen) atoms. The minimum Gasteiger partial charge on any atom is -0.406 e. The van der Waals surface area contributed by atoms with Crippen molar-refractivity contribution in [3.63, 3.8) is 0 Å². The van der Waals surface area contributed by atoms with Gasteiger partial charge in [-0.15, -0.1) is 13.2 Å². The van der Waals surface area contributed by atoms with Gasteiger partial charge in [0.2, 0.25) is 11.8 Å². The van der Waals surface area contributed by atoms with Gasteiger partial charge in [-0.1, -0.05) is 12.1 Å². The van der Waals surface area contributed by atoms with E-state index in [1.165, 1.54) is 37.3 Å².